The lowest BCUT2D eigenvalue weighted by atomic mass is 10.1. The van der Waals surface area contributed by atoms with E-state index in [1.54, 1.807) is 30.6 Å². The molecule has 0 atom stereocenters. The molecule has 0 bridgehead atoms. The Balaban J connectivity index is 1.75. The fourth-order valence-electron chi connectivity index (χ4n) is 2.55. The molecule has 3 rings (SSSR count). The van der Waals surface area contributed by atoms with Gasteiger partial charge < -0.3 is 14.8 Å². The second-order valence-electron chi connectivity index (χ2n) is 6.16. The van der Waals surface area contributed by atoms with E-state index in [0.29, 0.717) is 30.3 Å². The normalized spacial score (nSPS) is 10.4. The first-order chi connectivity index (χ1) is 13.6. The van der Waals surface area contributed by atoms with Crippen molar-refractivity contribution in [2.75, 3.05) is 11.9 Å². The van der Waals surface area contributed by atoms with Gasteiger partial charge in [0.25, 0.3) is 5.91 Å². The molecule has 0 aliphatic heterocycles. The highest BCUT2D eigenvalue weighted by molar-refractivity contribution is 14.1. The molecule has 2 aromatic carbocycles. The van der Waals surface area contributed by atoms with Crippen molar-refractivity contribution in [1.82, 2.24) is 4.98 Å². The van der Waals surface area contributed by atoms with E-state index in [1.807, 2.05) is 44.2 Å². The van der Waals surface area contributed by atoms with E-state index in [2.05, 4.69) is 32.9 Å². The number of aryl methyl sites for hydroxylation is 1. The van der Waals surface area contributed by atoms with Crippen LogP contribution in [0.15, 0.2) is 60.9 Å². The van der Waals surface area contributed by atoms with Gasteiger partial charge in [-0.05, 0) is 90.0 Å². The number of ether oxygens (including phenoxy) is 2. The van der Waals surface area contributed by atoms with E-state index in [1.165, 1.54) is 5.56 Å². The third-order valence-corrected chi connectivity index (χ3v) is 5.24. The Bertz CT molecular complexity index is 961. The van der Waals surface area contributed by atoms with Gasteiger partial charge in [-0.3, -0.25) is 9.78 Å². The smallest absolute Gasteiger partial charge is 0.255 e. The van der Waals surface area contributed by atoms with Gasteiger partial charge in [-0.15, -0.1) is 0 Å². The van der Waals surface area contributed by atoms with Crippen molar-refractivity contribution in [3.63, 3.8) is 0 Å². The molecule has 0 spiro atoms. The molecule has 1 heterocycles. The average molecular weight is 488 g/mol. The maximum absolute atomic E-state index is 12.6. The van der Waals surface area contributed by atoms with E-state index in [9.17, 15) is 4.79 Å². The second kappa shape index (κ2) is 9.54. The van der Waals surface area contributed by atoms with Crippen LogP contribution >= 0.6 is 22.6 Å². The number of rotatable bonds is 7. The number of amides is 1. The summed E-state index contributed by atoms with van der Waals surface area (Å²) in [6, 6.07) is 14.8. The van der Waals surface area contributed by atoms with Crippen LogP contribution in [-0.2, 0) is 6.61 Å². The summed E-state index contributed by atoms with van der Waals surface area (Å²) in [5.74, 6) is 0.948. The highest BCUT2D eigenvalue weighted by Gasteiger charge is 2.13. The number of halogens is 1. The molecule has 28 heavy (non-hydrogen) atoms. The minimum Gasteiger partial charge on any atom is -0.490 e. The van der Waals surface area contributed by atoms with E-state index in [4.69, 9.17) is 9.47 Å². The number of carbonyl (C=O) groups is 1. The largest absolute Gasteiger partial charge is 0.490 e. The number of pyridine rings is 1. The first-order valence-corrected chi connectivity index (χ1v) is 10.0. The molecule has 0 fully saturated rings. The van der Waals surface area contributed by atoms with Gasteiger partial charge in [0.05, 0.1) is 6.61 Å². The molecule has 0 saturated carbocycles. The van der Waals surface area contributed by atoms with Crippen LogP contribution in [0.1, 0.15) is 28.4 Å². The number of nitrogens with zero attached hydrogens (tertiary/aromatic N) is 1. The van der Waals surface area contributed by atoms with Gasteiger partial charge in [0.1, 0.15) is 6.61 Å². The standard InChI is InChI=1S/C22H21IN2O3/c1-3-27-21-12-17(22(26)25-18-6-4-15(2)19(23)13-18)5-7-20(21)28-14-16-8-10-24-11-9-16/h4-13H,3,14H2,1-2H3,(H,25,26). The number of anilines is 1. The molecule has 0 aliphatic carbocycles. The lowest BCUT2D eigenvalue weighted by Gasteiger charge is -2.14. The fourth-order valence-corrected chi connectivity index (χ4v) is 3.07. The van der Waals surface area contributed by atoms with Crippen molar-refractivity contribution in [1.29, 1.82) is 0 Å². The molecule has 0 radical (unpaired) electrons. The number of hydrogen-bond acceptors (Lipinski definition) is 4. The number of carbonyl (C=O) groups excluding carboxylic acids is 1. The number of hydrogen-bond donors (Lipinski definition) is 1. The highest BCUT2D eigenvalue weighted by atomic mass is 127. The number of nitrogens with one attached hydrogen (secondary N) is 1. The van der Waals surface area contributed by atoms with Crippen LogP contribution in [0.2, 0.25) is 0 Å². The monoisotopic (exact) mass is 488 g/mol. The summed E-state index contributed by atoms with van der Waals surface area (Å²) < 4.78 is 12.7. The predicted octanol–water partition coefficient (Wildman–Crippen LogP) is 5.22. The third kappa shape index (κ3) is 5.22. The van der Waals surface area contributed by atoms with Crippen molar-refractivity contribution in [3.8, 4) is 11.5 Å². The molecular weight excluding hydrogens is 467 g/mol. The topological polar surface area (TPSA) is 60.5 Å². The zero-order valence-corrected chi connectivity index (χ0v) is 17.9. The molecular formula is C22H21IN2O3. The maximum atomic E-state index is 12.6. The van der Waals surface area contributed by atoms with E-state index >= 15 is 0 Å². The Morgan fingerprint density at radius 3 is 2.54 bits per heavy atom. The Labute approximate surface area is 178 Å². The fraction of sp³-hybridized carbons (Fsp3) is 0.182. The molecule has 0 unspecified atom stereocenters. The van der Waals surface area contributed by atoms with Gasteiger partial charge in [-0.1, -0.05) is 6.07 Å². The van der Waals surface area contributed by atoms with E-state index in [-0.39, 0.29) is 5.91 Å². The lowest BCUT2D eigenvalue weighted by Crippen LogP contribution is -2.12. The van der Waals surface area contributed by atoms with Gasteiger partial charge in [-0.25, -0.2) is 0 Å². The molecule has 0 aliphatic rings. The van der Waals surface area contributed by atoms with Crippen LogP contribution < -0.4 is 14.8 Å². The molecule has 1 amide bonds. The molecule has 1 aromatic heterocycles. The summed E-state index contributed by atoms with van der Waals surface area (Å²) in [5, 5.41) is 2.93. The minimum absolute atomic E-state index is 0.193. The average Bonchev–Trinajstić information content (AvgIpc) is 2.71. The second-order valence-corrected chi connectivity index (χ2v) is 7.32. The number of benzene rings is 2. The van der Waals surface area contributed by atoms with Gasteiger partial charge in [0.15, 0.2) is 11.5 Å². The molecule has 1 N–H and O–H groups in total. The van der Waals surface area contributed by atoms with Gasteiger partial charge in [-0.2, -0.15) is 0 Å². The Morgan fingerprint density at radius 2 is 1.82 bits per heavy atom. The summed E-state index contributed by atoms with van der Waals surface area (Å²) in [4.78, 5) is 16.6. The lowest BCUT2D eigenvalue weighted by molar-refractivity contribution is 0.102. The zero-order valence-electron chi connectivity index (χ0n) is 15.7. The first-order valence-electron chi connectivity index (χ1n) is 8.93. The summed E-state index contributed by atoms with van der Waals surface area (Å²) in [5.41, 5.74) is 3.45. The van der Waals surface area contributed by atoms with Gasteiger partial charge >= 0.3 is 0 Å². The summed E-state index contributed by atoms with van der Waals surface area (Å²) >= 11 is 2.25. The van der Waals surface area contributed by atoms with Crippen molar-refractivity contribution in [3.05, 3.63) is 81.2 Å². The van der Waals surface area contributed by atoms with Crippen LogP contribution in [-0.4, -0.2) is 17.5 Å². The van der Waals surface area contributed by atoms with Crippen LogP contribution in [0.25, 0.3) is 0 Å². The first kappa shape index (κ1) is 20.1. The molecule has 0 saturated heterocycles. The maximum Gasteiger partial charge on any atom is 0.255 e. The van der Waals surface area contributed by atoms with Gasteiger partial charge in [0.2, 0.25) is 0 Å². The van der Waals surface area contributed by atoms with Crippen molar-refractivity contribution >= 4 is 34.2 Å². The summed E-state index contributed by atoms with van der Waals surface area (Å²) in [7, 11) is 0. The SMILES string of the molecule is CCOc1cc(C(=O)Nc2ccc(C)c(I)c2)ccc1OCc1ccncc1. The predicted molar refractivity (Wildman–Crippen MR) is 118 cm³/mol. The highest BCUT2D eigenvalue weighted by Crippen LogP contribution is 2.30. The summed E-state index contributed by atoms with van der Waals surface area (Å²) in [6.07, 6.45) is 3.45. The molecule has 6 heteroatoms. The van der Waals surface area contributed by atoms with Crippen molar-refractivity contribution in [2.45, 2.75) is 20.5 Å². The Hall–Kier alpha value is -2.61. The van der Waals surface area contributed by atoms with Crippen LogP contribution in [0, 0.1) is 10.5 Å². The molecule has 5 nitrogen and oxygen atoms in total. The van der Waals surface area contributed by atoms with Crippen molar-refractivity contribution < 1.29 is 14.3 Å². The van der Waals surface area contributed by atoms with E-state index < -0.39 is 0 Å². The quantitative estimate of drug-likeness (QED) is 0.463. The van der Waals surface area contributed by atoms with Crippen LogP contribution in [0.5, 0.6) is 11.5 Å². The van der Waals surface area contributed by atoms with Crippen LogP contribution in [0.4, 0.5) is 5.69 Å². The summed E-state index contributed by atoms with van der Waals surface area (Å²) in [6.45, 7) is 4.81. The Morgan fingerprint density at radius 1 is 1.04 bits per heavy atom. The van der Waals surface area contributed by atoms with Gasteiger partial charge in [0, 0.05) is 27.2 Å². The van der Waals surface area contributed by atoms with E-state index in [0.717, 1.165) is 14.8 Å². The number of aromatic nitrogens is 1. The molecule has 3 aromatic rings. The Kier molecular flexibility index (Phi) is 6.86. The minimum atomic E-state index is -0.193. The third-order valence-electron chi connectivity index (χ3n) is 4.08. The molecule has 144 valence electrons. The van der Waals surface area contributed by atoms with Crippen LogP contribution in [0.3, 0.4) is 0 Å². The van der Waals surface area contributed by atoms with Crippen molar-refractivity contribution in [2.24, 2.45) is 0 Å². The zero-order chi connectivity index (χ0) is 19.9.